The van der Waals surface area contributed by atoms with Crippen LogP contribution in [0.3, 0.4) is 0 Å². The van der Waals surface area contributed by atoms with Gasteiger partial charge in [-0.3, -0.25) is 0 Å². The van der Waals surface area contributed by atoms with Crippen molar-refractivity contribution in [1.82, 2.24) is 5.32 Å². The zero-order valence-corrected chi connectivity index (χ0v) is 14.8. The maximum atomic E-state index is 3.87. The summed E-state index contributed by atoms with van der Waals surface area (Å²) in [5.74, 6) is 0. The smallest absolute Gasteiger partial charge is 0.0349 e. The summed E-state index contributed by atoms with van der Waals surface area (Å²) >= 11 is 0. The van der Waals surface area contributed by atoms with Crippen LogP contribution in [-0.2, 0) is 19.3 Å². The van der Waals surface area contributed by atoms with Gasteiger partial charge >= 0.3 is 0 Å². The molecule has 0 heterocycles. The van der Waals surface area contributed by atoms with Crippen LogP contribution in [-0.4, -0.2) is 6.04 Å². The number of hydrogen-bond acceptors (Lipinski definition) is 1. The van der Waals surface area contributed by atoms with E-state index in [1.807, 2.05) is 6.20 Å². The van der Waals surface area contributed by atoms with Crippen LogP contribution in [0.1, 0.15) is 69.6 Å². The minimum absolute atomic E-state index is 0.472. The van der Waals surface area contributed by atoms with Crippen LogP contribution in [0.5, 0.6) is 0 Å². The molecule has 0 radical (unpaired) electrons. The summed E-state index contributed by atoms with van der Waals surface area (Å²) in [6, 6.07) is 7.70. The largest absolute Gasteiger partial charge is 0.388 e. The van der Waals surface area contributed by atoms with Crippen LogP contribution in [0.25, 0.3) is 0 Å². The van der Waals surface area contributed by atoms with Crippen LogP contribution in [0.4, 0.5) is 0 Å². The van der Waals surface area contributed by atoms with Gasteiger partial charge in [-0.15, -0.1) is 0 Å². The fourth-order valence-electron chi connectivity index (χ4n) is 3.38. The van der Waals surface area contributed by atoms with Crippen molar-refractivity contribution >= 4 is 0 Å². The average molecular weight is 300 g/mol. The van der Waals surface area contributed by atoms with Crippen molar-refractivity contribution in [3.05, 3.63) is 47.7 Å². The molecule has 0 spiro atoms. The Morgan fingerprint density at radius 1 is 1.23 bits per heavy atom. The molecule has 1 aliphatic rings. The van der Waals surface area contributed by atoms with Gasteiger partial charge in [0.2, 0.25) is 0 Å². The van der Waals surface area contributed by atoms with Gasteiger partial charge in [-0.1, -0.05) is 58.4 Å². The van der Waals surface area contributed by atoms with Gasteiger partial charge in [0, 0.05) is 6.04 Å². The summed E-state index contributed by atoms with van der Waals surface area (Å²) in [5, 5.41) is 3.50. The summed E-state index contributed by atoms with van der Waals surface area (Å²) in [7, 11) is 0. The molecule has 1 aromatic carbocycles. The lowest BCUT2D eigenvalue weighted by atomic mass is 9.90. The number of nitrogens with one attached hydrogen (secondary N) is 1. The Labute approximate surface area is 137 Å². The Morgan fingerprint density at radius 2 is 2.00 bits per heavy atom. The number of rotatable bonds is 10. The lowest BCUT2D eigenvalue weighted by molar-refractivity contribution is 0.388. The van der Waals surface area contributed by atoms with Gasteiger partial charge in [-0.05, 0) is 66.8 Å². The Morgan fingerprint density at radius 3 is 2.59 bits per heavy atom. The topological polar surface area (TPSA) is 12.0 Å². The van der Waals surface area contributed by atoms with Crippen LogP contribution >= 0.6 is 0 Å². The van der Waals surface area contributed by atoms with Gasteiger partial charge in [-0.2, -0.15) is 0 Å². The van der Waals surface area contributed by atoms with E-state index in [2.05, 4.69) is 50.9 Å². The number of hydrogen-bond donors (Lipinski definition) is 1. The molecule has 0 saturated heterocycles. The van der Waals surface area contributed by atoms with Crippen molar-refractivity contribution in [3.63, 3.8) is 0 Å². The normalized spacial score (nSPS) is 17.0. The highest BCUT2D eigenvalue weighted by Gasteiger charge is 2.44. The molecule has 1 aromatic rings. The lowest BCUT2D eigenvalue weighted by Gasteiger charge is -2.24. The van der Waals surface area contributed by atoms with Crippen molar-refractivity contribution in [1.29, 1.82) is 0 Å². The molecular formula is C21H33N. The van der Waals surface area contributed by atoms with E-state index in [4.69, 9.17) is 0 Å². The molecule has 1 nitrogen and oxygen atoms in total. The van der Waals surface area contributed by atoms with E-state index in [-0.39, 0.29) is 0 Å². The van der Waals surface area contributed by atoms with E-state index in [1.54, 1.807) is 5.56 Å². The molecule has 0 amide bonds. The molecule has 122 valence electrons. The first kappa shape index (κ1) is 17.1. The average Bonchev–Trinajstić information content (AvgIpc) is 3.26. The lowest BCUT2D eigenvalue weighted by Crippen LogP contribution is -2.34. The minimum Gasteiger partial charge on any atom is -0.388 e. The molecule has 1 fully saturated rings. The first-order valence-electron chi connectivity index (χ1n) is 9.10. The maximum absolute atomic E-state index is 3.87. The third kappa shape index (κ3) is 4.38. The number of aryl methyl sites for hydroxylation is 2. The summed E-state index contributed by atoms with van der Waals surface area (Å²) in [5.41, 5.74) is 5.06. The van der Waals surface area contributed by atoms with Gasteiger partial charge < -0.3 is 5.32 Å². The quantitative estimate of drug-likeness (QED) is 0.568. The predicted octanol–water partition coefficient (Wildman–Crippen LogP) is 5.43. The molecule has 22 heavy (non-hydrogen) atoms. The van der Waals surface area contributed by atoms with E-state index in [9.17, 15) is 0 Å². The number of benzene rings is 1. The van der Waals surface area contributed by atoms with Crippen molar-refractivity contribution < 1.29 is 0 Å². The first-order valence-corrected chi connectivity index (χ1v) is 9.10. The highest BCUT2D eigenvalue weighted by atomic mass is 14.9. The van der Waals surface area contributed by atoms with E-state index < -0.39 is 0 Å². The van der Waals surface area contributed by atoms with Gasteiger partial charge in [0.15, 0.2) is 0 Å². The SMILES string of the molecule is C=CNC(Cc1ccc(CC)c(CCCCC)c1)C1(C)CC1. The molecule has 1 unspecified atom stereocenters. The van der Waals surface area contributed by atoms with Crippen LogP contribution in [0.2, 0.25) is 0 Å². The second kappa shape index (κ2) is 7.85. The summed E-state index contributed by atoms with van der Waals surface area (Å²) in [4.78, 5) is 0. The van der Waals surface area contributed by atoms with E-state index >= 15 is 0 Å². The van der Waals surface area contributed by atoms with Crippen molar-refractivity contribution in [2.24, 2.45) is 5.41 Å². The minimum atomic E-state index is 0.472. The standard InChI is InChI=1S/C21H33N/c1-5-8-9-10-19-15-17(11-12-18(19)6-2)16-20(22-7-3)21(4)13-14-21/h7,11-12,15,20,22H,3,5-6,8-10,13-14,16H2,1-2,4H3. The molecule has 1 heteroatoms. The third-order valence-corrected chi connectivity index (χ3v) is 5.34. The molecule has 2 rings (SSSR count). The molecule has 0 bridgehead atoms. The molecule has 0 aliphatic heterocycles. The fraction of sp³-hybridized carbons (Fsp3) is 0.619. The van der Waals surface area contributed by atoms with Crippen LogP contribution in [0.15, 0.2) is 31.0 Å². The molecule has 1 aliphatic carbocycles. The summed E-state index contributed by atoms with van der Waals surface area (Å²) < 4.78 is 0. The molecule has 0 aromatic heterocycles. The fourth-order valence-corrected chi connectivity index (χ4v) is 3.38. The number of unbranched alkanes of at least 4 members (excludes halogenated alkanes) is 2. The Kier molecular flexibility index (Phi) is 6.11. The van der Waals surface area contributed by atoms with Crippen molar-refractivity contribution in [3.8, 4) is 0 Å². The van der Waals surface area contributed by atoms with Gasteiger partial charge in [0.05, 0.1) is 0 Å². The van der Waals surface area contributed by atoms with E-state index in [1.165, 1.54) is 49.7 Å². The van der Waals surface area contributed by atoms with Crippen molar-refractivity contribution in [2.75, 3.05) is 0 Å². The second-order valence-corrected chi connectivity index (χ2v) is 7.20. The Hall–Kier alpha value is -1.24. The van der Waals surface area contributed by atoms with Gasteiger partial charge in [0.25, 0.3) is 0 Å². The zero-order chi connectivity index (χ0) is 16.0. The third-order valence-electron chi connectivity index (χ3n) is 5.34. The van der Waals surface area contributed by atoms with Gasteiger partial charge in [0.1, 0.15) is 0 Å². The summed E-state index contributed by atoms with van der Waals surface area (Å²) in [6.45, 7) is 10.8. The van der Waals surface area contributed by atoms with Crippen molar-refractivity contribution in [2.45, 2.75) is 78.2 Å². The second-order valence-electron chi connectivity index (χ2n) is 7.20. The van der Waals surface area contributed by atoms with E-state index in [0.717, 1.165) is 12.8 Å². The zero-order valence-electron chi connectivity index (χ0n) is 14.8. The highest BCUT2D eigenvalue weighted by Crippen LogP contribution is 2.49. The first-order chi connectivity index (χ1) is 10.6. The molecule has 1 atom stereocenters. The van der Waals surface area contributed by atoms with Crippen LogP contribution < -0.4 is 5.32 Å². The molecule has 1 saturated carbocycles. The Bertz CT molecular complexity index is 485. The van der Waals surface area contributed by atoms with Gasteiger partial charge in [-0.25, -0.2) is 0 Å². The van der Waals surface area contributed by atoms with E-state index in [0.29, 0.717) is 11.5 Å². The molecule has 1 N–H and O–H groups in total. The summed E-state index contributed by atoms with van der Waals surface area (Å²) in [6.07, 6.45) is 12.0. The van der Waals surface area contributed by atoms with Crippen LogP contribution in [0, 0.1) is 5.41 Å². The Balaban J connectivity index is 2.09. The highest BCUT2D eigenvalue weighted by molar-refractivity contribution is 5.33. The monoisotopic (exact) mass is 299 g/mol. The maximum Gasteiger partial charge on any atom is 0.0349 e. The predicted molar refractivity (Wildman–Crippen MR) is 97.2 cm³/mol. The molecular weight excluding hydrogens is 266 g/mol.